The molecule has 1 aliphatic heterocycles. The predicted molar refractivity (Wildman–Crippen MR) is 80.3 cm³/mol. The van der Waals surface area contributed by atoms with Crippen molar-refractivity contribution in [1.82, 2.24) is 0 Å². The second kappa shape index (κ2) is 6.84. The molecule has 1 fully saturated rings. The SMILES string of the molecule is CCCOc1cc(N)cc(OC2CC(C)OC(C)C2)c1. The lowest BCUT2D eigenvalue weighted by Gasteiger charge is -2.32. The quantitative estimate of drug-likeness (QED) is 0.839. The van der Waals surface area contributed by atoms with E-state index in [0.717, 1.165) is 30.8 Å². The van der Waals surface area contributed by atoms with E-state index in [-0.39, 0.29) is 18.3 Å². The largest absolute Gasteiger partial charge is 0.493 e. The molecule has 4 heteroatoms. The van der Waals surface area contributed by atoms with Crippen molar-refractivity contribution in [2.24, 2.45) is 0 Å². The molecule has 2 N–H and O–H groups in total. The van der Waals surface area contributed by atoms with Crippen LogP contribution in [0.2, 0.25) is 0 Å². The fourth-order valence-corrected chi connectivity index (χ4v) is 2.60. The first-order valence-electron chi connectivity index (χ1n) is 7.42. The topological polar surface area (TPSA) is 53.7 Å². The number of ether oxygens (including phenoxy) is 3. The van der Waals surface area contributed by atoms with Gasteiger partial charge in [-0.3, -0.25) is 0 Å². The number of rotatable bonds is 5. The molecule has 1 saturated heterocycles. The summed E-state index contributed by atoms with van der Waals surface area (Å²) in [7, 11) is 0. The number of anilines is 1. The van der Waals surface area contributed by atoms with Crippen molar-refractivity contribution >= 4 is 5.69 Å². The number of hydrogen-bond acceptors (Lipinski definition) is 4. The molecule has 0 radical (unpaired) electrons. The Kier molecular flexibility index (Phi) is 5.12. The van der Waals surface area contributed by atoms with E-state index in [1.807, 2.05) is 18.2 Å². The molecule has 4 nitrogen and oxygen atoms in total. The van der Waals surface area contributed by atoms with Gasteiger partial charge in [0.25, 0.3) is 0 Å². The van der Waals surface area contributed by atoms with Gasteiger partial charge in [0.2, 0.25) is 0 Å². The van der Waals surface area contributed by atoms with Gasteiger partial charge in [-0.15, -0.1) is 0 Å². The Morgan fingerprint density at radius 1 is 1.15 bits per heavy atom. The molecule has 1 aromatic carbocycles. The minimum atomic E-state index is 0.176. The number of benzene rings is 1. The van der Waals surface area contributed by atoms with Gasteiger partial charge in [0, 0.05) is 36.7 Å². The zero-order chi connectivity index (χ0) is 14.5. The molecule has 0 saturated carbocycles. The molecule has 20 heavy (non-hydrogen) atoms. The molecule has 112 valence electrons. The van der Waals surface area contributed by atoms with Crippen LogP contribution in [0.1, 0.15) is 40.0 Å². The first kappa shape index (κ1) is 15.0. The summed E-state index contributed by atoms with van der Waals surface area (Å²) in [6.07, 6.45) is 3.44. The third-order valence-corrected chi connectivity index (χ3v) is 3.33. The number of nitrogen functional groups attached to an aromatic ring is 1. The van der Waals surface area contributed by atoms with Crippen molar-refractivity contribution in [2.45, 2.75) is 58.3 Å². The zero-order valence-corrected chi connectivity index (χ0v) is 12.6. The highest BCUT2D eigenvalue weighted by molar-refractivity contribution is 5.50. The van der Waals surface area contributed by atoms with Crippen LogP contribution in [0, 0.1) is 0 Å². The summed E-state index contributed by atoms with van der Waals surface area (Å²) in [6.45, 7) is 6.94. The van der Waals surface area contributed by atoms with Gasteiger partial charge < -0.3 is 19.9 Å². The van der Waals surface area contributed by atoms with Crippen molar-refractivity contribution < 1.29 is 14.2 Å². The smallest absolute Gasteiger partial charge is 0.125 e. The van der Waals surface area contributed by atoms with Crippen LogP contribution in [0.15, 0.2) is 18.2 Å². The van der Waals surface area contributed by atoms with Crippen LogP contribution < -0.4 is 15.2 Å². The van der Waals surface area contributed by atoms with Crippen molar-refractivity contribution in [3.8, 4) is 11.5 Å². The van der Waals surface area contributed by atoms with Gasteiger partial charge in [-0.25, -0.2) is 0 Å². The molecule has 2 atom stereocenters. The lowest BCUT2D eigenvalue weighted by atomic mass is 10.0. The van der Waals surface area contributed by atoms with Gasteiger partial charge >= 0.3 is 0 Å². The Morgan fingerprint density at radius 3 is 2.45 bits per heavy atom. The van der Waals surface area contributed by atoms with Crippen molar-refractivity contribution in [3.05, 3.63) is 18.2 Å². The highest BCUT2D eigenvalue weighted by Gasteiger charge is 2.25. The van der Waals surface area contributed by atoms with Crippen LogP contribution in [-0.2, 0) is 4.74 Å². The fourth-order valence-electron chi connectivity index (χ4n) is 2.60. The third-order valence-electron chi connectivity index (χ3n) is 3.33. The van der Waals surface area contributed by atoms with E-state index < -0.39 is 0 Å². The predicted octanol–water partition coefficient (Wildman–Crippen LogP) is 3.39. The van der Waals surface area contributed by atoms with E-state index in [1.165, 1.54) is 0 Å². The molecule has 0 bridgehead atoms. The van der Waals surface area contributed by atoms with Gasteiger partial charge in [0.05, 0.1) is 18.8 Å². The van der Waals surface area contributed by atoms with E-state index in [2.05, 4.69) is 20.8 Å². The number of nitrogens with two attached hydrogens (primary N) is 1. The van der Waals surface area contributed by atoms with Crippen LogP contribution >= 0.6 is 0 Å². The van der Waals surface area contributed by atoms with E-state index in [0.29, 0.717) is 12.3 Å². The Bertz CT molecular complexity index is 426. The zero-order valence-electron chi connectivity index (χ0n) is 12.6. The molecule has 0 spiro atoms. The minimum Gasteiger partial charge on any atom is -0.493 e. The third kappa shape index (κ3) is 4.30. The molecule has 1 heterocycles. The maximum atomic E-state index is 6.06. The molecule has 0 aliphatic carbocycles. The number of hydrogen-bond donors (Lipinski definition) is 1. The fraction of sp³-hybridized carbons (Fsp3) is 0.625. The van der Waals surface area contributed by atoms with Gasteiger partial charge in [0.15, 0.2) is 0 Å². The minimum absolute atomic E-state index is 0.176. The Balaban J connectivity index is 2.02. The monoisotopic (exact) mass is 279 g/mol. The molecular weight excluding hydrogens is 254 g/mol. The molecule has 0 aromatic heterocycles. The van der Waals surface area contributed by atoms with Crippen LogP contribution in [0.3, 0.4) is 0 Å². The highest BCUT2D eigenvalue weighted by Crippen LogP contribution is 2.29. The maximum Gasteiger partial charge on any atom is 0.125 e. The van der Waals surface area contributed by atoms with Gasteiger partial charge in [-0.1, -0.05) is 6.92 Å². The molecule has 1 aromatic rings. The standard InChI is InChI=1S/C16H25NO3/c1-4-5-18-14-8-13(17)9-16(10-14)20-15-6-11(2)19-12(3)7-15/h8-12,15H,4-7,17H2,1-3H3. The Labute approximate surface area is 121 Å². The second-order valence-electron chi connectivity index (χ2n) is 5.55. The van der Waals surface area contributed by atoms with Crippen LogP contribution in [0.25, 0.3) is 0 Å². The van der Waals surface area contributed by atoms with Crippen molar-refractivity contribution in [3.63, 3.8) is 0 Å². The first-order valence-corrected chi connectivity index (χ1v) is 7.42. The van der Waals surface area contributed by atoms with Crippen molar-refractivity contribution in [1.29, 1.82) is 0 Å². The van der Waals surface area contributed by atoms with Crippen LogP contribution in [-0.4, -0.2) is 24.9 Å². The average molecular weight is 279 g/mol. The Morgan fingerprint density at radius 2 is 1.80 bits per heavy atom. The molecular formula is C16H25NO3. The van der Waals surface area contributed by atoms with E-state index >= 15 is 0 Å². The average Bonchev–Trinajstić information content (AvgIpc) is 2.34. The summed E-state index contributed by atoms with van der Waals surface area (Å²) in [4.78, 5) is 0. The van der Waals surface area contributed by atoms with Gasteiger partial charge in [-0.05, 0) is 20.3 Å². The lowest BCUT2D eigenvalue weighted by Crippen LogP contribution is -2.35. The van der Waals surface area contributed by atoms with E-state index in [9.17, 15) is 0 Å². The van der Waals surface area contributed by atoms with Gasteiger partial charge in [0.1, 0.15) is 17.6 Å². The summed E-state index contributed by atoms with van der Waals surface area (Å²) in [6, 6.07) is 5.60. The molecule has 1 aliphatic rings. The van der Waals surface area contributed by atoms with Crippen LogP contribution in [0.4, 0.5) is 5.69 Å². The summed E-state index contributed by atoms with van der Waals surface area (Å²) >= 11 is 0. The maximum absolute atomic E-state index is 6.06. The summed E-state index contributed by atoms with van der Waals surface area (Å²) in [5.41, 5.74) is 6.57. The summed E-state index contributed by atoms with van der Waals surface area (Å²) in [5.74, 6) is 1.55. The Hall–Kier alpha value is -1.42. The molecule has 2 rings (SSSR count). The second-order valence-corrected chi connectivity index (χ2v) is 5.55. The normalized spacial score (nSPS) is 26.2. The summed E-state index contributed by atoms with van der Waals surface area (Å²) in [5, 5.41) is 0. The van der Waals surface area contributed by atoms with Crippen LogP contribution in [0.5, 0.6) is 11.5 Å². The molecule has 0 amide bonds. The van der Waals surface area contributed by atoms with Gasteiger partial charge in [-0.2, -0.15) is 0 Å². The van der Waals surface area contributed by atoms with Crippen molar-refractivity contribution in [2.75, 3.05) is 12.3 Å². The molecule has 2 unspecified atom stereocenters. The first-order chi connectivity index (χ1) is 9.56. The van der Waals surface area contributed by atoms with E-state index in [1.54, 1.807) is 0 Å². The summed E-state index contributed by atoms with van der Waals surface area (Å²) < 4.78 is 17.4. The lowest BCUT2D eigenvalue weighted by molar-refractivity contribution is -0.0721. The van der Waals surface area contributed by atoms with E-state index in [4.69, 9.17) is 19.9 Å². The highest BCUT2D eigenvalue weighted by atomic mass is 16.5.